The Kier molecular flexibility index (Phi) is 6.61. The molecule has 0 aliphatic rings. The number of carbonyl (C=O) groups excluding carboxylic acids is 2. The van der Waals surface area contributed by atoms with Crippen molar-refractivity contribution in [3.63, 3.8) is 0 Å². The van der Waals surface area contributed by atoms with E-state index in [0.717, 1.165) is 0 Å². The van der Waals surface area contributed by atoms with E-state index >= 15 is 0 Å². The highest BCUT2D eigenvalue weighted by Crippen LogP contribution is 2.28. The van der Waals surface area contributed by atoms with Gasteiger partial charge < -0.3 is 10.1 Å². The summed E-state index contributed by atoms with van der Waals surface area (Å²) in [7, 11) is 1.23. The summed E-state index contributed by atoms with van der Waals surface area (Å²) in [6, 6.07) is 5.20. The summed E-state index contributed by atoms with van der Waals surface area (Å²) in [5, 5.41) is 2.53. The second-order valence-corrected chi connectivity index (χ2v) is 5.62. The van der Waals surface area contributed by atoms with Crippen LogP contribution in [0, 0.1) is 5.92 Å². The Bertz CT molecular complexity index is 509. The summed E-state index contributed by atoms with van der Waals surface area (Å²) in [5.74, 6) is -3.96. The number of ether oxygens (including phenoxy) is 1. The second-order valence-electron chi connectivity index (χ2n) is 4.59. The van der Waals surface area contributed by atoms with E-state index in [2.05, 4.69) is 10.1 Å². The lowest BCUT2D eigenvalue weighted by molar-refractivity contribution is -0.144. The van der Waals surface area contributed by atoms with Crippen molar-refractivity contribution in [2.75, 3.05) is 7.11 Å². The quantitative estimate of drug-likeness (QED) is 0.647. The molecule has 0 heterocycles. The zero-order chi connectivity index (χ0) is 16.0. The first-order valence-electron chi connectivity index (χ1n) is 6.29. The molecular weight excluding hydrogens is 300 g/mol. The third-order valence-electron chi connectivity index (χ3n) is 2.76. The number of carbonyl (C=O) groups is 2. The van der Waals surface area contributed by atoms with E-state index in [1.54, 1.807) is 26.0 Å². The van der Waals surface area contributed by atoms with Gasteiger partial charge >= 0.3 is 5.97 Å². The average molecular weight is 317 g/mol. The third kappa shape index (κ3) is 5.00. The molecule has 1 unspecified atom stereocenters. The summed E-state index contributed by atoms with van der Waals surface area (Å²) in [6.45, 7) is 3.50. The first kappa shape index (κ1) is 17.4. The monoisotopic (exact) mass is 317 g/mol. The molecule has 0 saturated heterocycles. The summed E-state index contributed by atoms with van der Waals surface area (Å²) in [6.07, 6.45) is 0. The van der Waals surface area contributed by atoms with Gasteiger partial charge in [-0.1, -0.05) is 37.7 Å². The summed E-state index contributed by atoms with van der Waals surface area (Å²) in [5.41, 5.74) is 0.109. The maximum atomic E-state index is 12.5. The number of rotatable bonds is 6. The van der Waals surface area contributed by atoms with Gasteiger partial charge in [0.05, 0.1) is 12.7 Å². The average Bonchev–Trinajstić information content (AvgIpc) is 2.43. The van der Waals surface area contributed by atoms with Crippen molar-refractivity contribution >= 4 is 23.6 Å². The summed E-state index contributed by atoms with van der Waals surface area (Å²) in [4.78, 5) is 24.0. The fourth-order valence-electron chi connectivity index (χ4n) is 1.70. The van der Waals surface area contributed by atoms with E-state index < -0.39 is 23.7 Å². The van der Waals surface area contributed by atoms with Crippen LogP contribution in [-0.2, 0) is 9.53 Å². The van der Waals surface area contributed by atoms with Gasteiger partial charge in [0.25, 0.3) is 11.7 Å². The van der Waals surface area contributed by atoms with Gasteiger partial charge in [0, 0.05) is 4.90 Å². The molecule has 0 saturated carbocycles. The predicted octanol–water partition coefficient (Wildman–Crippen LogP) is 2.93. The lowest BCUT2D eigenvalue weighted by atomic mass is 10.0. The highest BCUT2D eigenvalue weighted by molar-refractivity contribution is 7.99. The molecule has 1 atom stereocenters. The molecule has 0 radical (unpaired) electrons. The molecule has 21 heavy (non-hydrogen) atoms. The SMILES string of the molecule is COC(=O)C(NC(=O)c1ccccc1SC(F)F)C(C)C. The Hall–Kier alpha value is -1.63. The molecule has 0 spiro atoms. The maximum absolute atomic E-state index is 12.5. The van der Waals surface area contributed by atoms with Crippen LogP contribution in [0.2, 0.25) is 0 Å². The number of amides is 1. The fraction of sp³-hybridized carbons (Fsp3) is 0.429. The van der Waals surface area contributed by atoms with Crippen LogP contribution in [0.1, 0.15) is 24.2 Å². The summed E-state index contributed by atoms with van der Waals surface area (Å²) < 4.78 is 29.6. The number of esters is 1. The first-order valence-corrected chi connectivity index (χ1v) is 7.17. The second kappa shape index (κ2) is 7.97. The Labute approximate surface area is 126 Å². The minimum absolute atomic E-state index is 0.109. The van der Waals surface area contributed by atoms with Crippen molar-refractivity contribution in [2.24, 2.45) is 5.92 Å². The van der Waals surface area contributed by atoms with Crippen LogP contribution in [-0.4, -0.2) is 30.8 Å². The summed E-state index contributed by atoms with van der Waals surface area (Å²) >= 11 is 0.293. The lowest BCUT2D eigenvalue weighted by Gasteiger charge is -2.20. The largest absolute Gasteiger partial charge is 0.467 e. The van der Waals surface area contributed by atoms with E-state index in [9.17, 15) is 18.4 Å². The van der Waals surface area contributed by atoms with E-state index in [1.165, 1.54) is 19.2 Å². The van der Waals surface area contributed by atoms with Crippen LogP contribution >= 0.6 is 11.8 Å². The molecule has 1 N–H and O–H groups in total. The van der Waals surface area contributed by atoms with Crippen molar-refractivity contribution < 1.29 is 23.1 Å². The molecule has 4 nitrogen and oxygen atoms in total. The molecule has 1 amide bonds. The van der Waals surface area contributed by atoms with Crippen LogP contribution in [0.3, 0.4) is 0 Å². The molecule has 7 heteroatoms. The van der Waals surface area contributed by atoms with Crippen molar-refractivity contribution in [1.82, 2.24) is 5.32 Å². The maximum Gasteiger partial charge on any atom is 0.328 e. The van der Waals surface area contributed by atoms with Crippen LogP contribution in [0.25, 0.3) is 0 Å². The number of halogens is 2. The van der Waals surface area contributed by atoms with Crippen molar-refractivity contribution in [3.8, 4) is 0 Å². The number of hydrogen-bond donors (Lipinski definition) is 1. The van der Waals surface area contributed by atoms with Crippen molar-refractivity contribution in [3.05, 3.63) is 29.8 Å². The van der Waals surface area contributed by atoms with Crippen LogP contribution in [0.5, 0.6) is 0 Å². The van der Waals surface area contributed by atoms with E-state index in [0.29, 0.717) is 11.8 Å². The van der Waals surface area contributed by atoms with Gasteiger partial charge in [-0.2, -0.15) is 8.78 Å². The Morgan fingerprint density at radius 2 is 1.86 bits per heavy atom. The number of thioether (sulfide) groups is 1. The minimum atomic E-state index is -2.62. The zero-order valence-electron chi connectivity index (χ0n) is 11.9. The Morgan fingerprint density at radius 1 is 1.24 bits per heavy atom. The molecule has 0 aliphatic heterocycles. The van der Waals surface area contributed by atoms with Crippen molar-refractivity contribution in [1.29, 1.82) is 0 Å². The number of nitrogens with one attached hydrogen (secondary N) is 1. The smallest absolute Gasteiger partial charge is 0.328 e. The molecule has 0 fully saturated rings. The number of methoxy groups -OCH3 is 1. The zero-order valence-corrected chi connectivity index (χ0v) is 12.7. The topological polar surface area (TPSA) is 55.4 Å². The minimum Gasteiger partial charge on any atom is -0.467 e. The normalized spacial score (nSPS) is 12.3. The van der Waals surface area contributed by atoms with E-state index in [4.69, 9.17) is 0 Å². The molecule has 116 valence electrons. The molecule has 0 aliphatic carbocycles. The molecule has 1 aromatic carbocycles. The highest BCUT2D eigenvalue weighted by atomic mass is 32.2. The lowest BCUT2D eigenvalue weighted by Crippen LogP contribution is -2.45. The molecular formula is C14H17F2NO3S. The molecule has 0 bridgehead atoms. The number of hydrogen-bond acceptors (Lipinski definition) is 4. The van der Waals surface area contributed by atoms with Gasteiger partial charge in [-0.05, 0) is 18.1 Å². The van der Waals surface area contributed by atoms with Crippen LogP contribution in [0.15, 0.2) is 29.2 Å². The van der Waals surface area contributed by atoms with E-state index in [-0.39, 0.29) is 16.4 Å². The standard InChI is InChI=1S/C14H17F2NO3S/c1-8(2)11(13(19)20-3)17-12(18)9-6-4-5-7-10(9)21-14(15)16/h4-8,11,14H,1-3H3,(H,17,18). The van der Waals surface area contributed by atoms with Gasteiger partial charge in [-0.15, -0.1) is 0 Å². The van der Waals surface area contributed by atoms with Gasteiger partial charge in [-0.25, -0.2) is 4.79 Å². The third-order valence-corrected chi connectivity index (χ3v) is 3.54. The van der Waals surface area contributed by atoms with Gasteiger partial charge in [0.1, 0.15) is 6.04 Å². The number of benzene rings is 1. The molecule has 1 aromatic rings. The Balaban J connectivity index is 2.95. The predicted molar refractivity (Wildman–Crippen MR) is 76.4 cm³/mol. The highest BCUT2D eigenvalue weighted by Gasteiger charge is 2.26. The number of alkyl halides is 2. The van der Waals surface area contributed by atoms with Gasteiger partial charge in [-0.3, -0.25) is 4.79 Å². The van der Waals surface area contributed by atoms with Crippen LogP contribution in [0.4, 0.5) is 8.78 Å². The molecule has 0 aromatic heterocycles. The first-order chi connectivity index (χ1) is 9.86. The Morgan fingerprint density at radius 3 is 2.38 bits per heavy atom. The van der Waals surface area contributed by atoms with Gasteiger partial charge in [0.2, 0.25) is 0 Å². The van der Waals surface area contributed by atoms with Crippen molar-refractivity contribution in [2.45, 2.75) is 30.5 Å². The van der Waals surface area contributed by atoms with E-state index in [1.807, 2.05) is 0 Å². The van der Waals surface area contributed by atoms with Gasteiger partial charge in [0.15, 0.2) is 0 Å². The molecule has 1 rings (SSSR count). The fourth-order valence-corrected chi connectivity index (χ4v) is 2.33. The van der Waals surface area contributed by atoms with Crippen LogP contribution < -0.4 is 5.32 Å².